The van der Waals surface area contributed by atoms with Crippen molar-refractivity contribution in [1.29, 1.82) is 0 Å². The Bertz CT molecular complexity index is 27.0. The second-order valence-electron chi connectivity index (χ2n) is 0.0745. The van der Waals surface area contributed by atoms with Crippen LogP contribution in [0.15, 0.2) is 0 Å². The van der Waals surface area contributed by atoms with Crippen LogP contribution in [0.4, 0.5) is 0 Å². The average molecular weight is 296 g/mol. The molecule has 0 spiro atoms. The van der Waals surface area contributed by atoms with E-state index in [1.54, 1.807) is 0 Å². The van der Waals surface area contributed by atoms with E-state index in [0.717, 1.165) is 0 Å². The Kier molecular flexibility index (Phi) is 21.6. The van der Waals surface area contributed by atoms with Gasteiger partial charge in [0.05, 0.1) is 0 Å². The van der Waals surface area contributed by atoms with Crippen LogP contribution < -0.4 is 0 Å². The van der Waals surface area contributed by atoms with Gasteiger partial charge in [-0.05, 0) is 0 Å². The van der Waals surface area contributed by atoms with Crippen molar-refractivity contribution in [2.24, 2.45) is 0 Å². The van der Waals surface area contributed by atoms with Crippen molar-refractivity contribution in [3.63, 3.8) is 0 Å². The Hall–Kier alpha value is 2.32. The molecule has 0 bridgehead atoms. The SMILES string of the molecule is [Na].[S]=[Bi]=[S]. The van der Waals surface area contributed by atoms with E-state index < -0.39 is 19.2 Å². The van der Waals surface area contributed by atoms with E-state index in [4.69, 9.17) is 0 Å². The van der Waals surface area contributed by atoms with Gasteiger partial charge in [0, 0.05) is 29.6 Å². The normalized spacial score (nSPS) is 2.00. The first-order chi connectivity index (χ1) is 1.41. The standard InChI is InChI=1S/Bi.Na.2S. The van der Waals surface area contributed by atoms with Crippen molar-refractivity contribution in [1.82, 2.24) is 0 Å². The molecule has 0 nitrogen and oxygen atoms in total. The summed E-state index contributed by atoms with van der Waals surface area (Å²) >= 11 is -0.667. The van der Waals surface area contributed by atoms with Gasteiger partial charge in [-0.1, -0.05) is 0 Å². The molecule has 0 aromatic carbocycles. The van der Waals surface area contributed by atoms with Gasteiger partial charge in [-0.25, -0.2) is 0 Å². The van der Waals surface area contributed by atoms with Crippen molar-refractivity contribution in [3.05, 3.63) is 0 Å². The van der Waals surface area contributed by atoms with Gasteiger partial charge in [0.2, 0.25) is 0 Å². The number of hydrogen-bond acceptors (Lipinski definition) is 2. The van der Waals surface area contributed by atoms with Gasteiger partial charge in [-0.2, -0.15) is 0 Å². The van der Waals surface area contributed by atoms with Gasteiger partial charge < -0.3 is 0 Å². The number of rotatable bonds is 0. The summed E-state index contributed by atoms with van der Waals surface area (Å²) in [6.45, 7) is 0. The predicted octanol–water partition coefficient (Wildman–Crippen LogP) is 0.535. The van der Waals surface area contributed by atoms with Crippen molar-refractivity contribution in [2.45, 2.75) is 0 Å². The van der Waals surface area contributed by atoms with Crippen molar-refractivity contribution >= 4 is 66.4 Å². The van der Waals surface area contributed by atoms with E-state index in [-0.39, 0.29) is 29.6 Å². The van der Waals surface area contributed by atoms with Crippen LogP contribution in [0.1, 0.15) is 0 Å². The first-order valence-corrected chi connectivity index (χ1v) is 9.61. The Morgan fingerprint density at radius 2 is 1.25 bits per heavy atom. The molecule has 18 valence electrons. The van der Waals surface area contributed by atoms with Crippen LogP contribution in [0.25, 0.3) is 0 Å². The quantitative estimate of drug-likeness (QED) is 0.598. The first-order valence-electron chi connectivity index (χ1n) is 0.365. The fourth-order valence-corrected chi connectivity index (χ4v) is 0. The molecule has 0 heterocycles. The van der Waals surface area contributed by atoms with Crippen molar-refractivity contribution in [2.75, 3.05) is 0 Å². The molecule has 4 heavy (non-hydrogen) atoms. The molecule has 0 saturated carbocycles. The van der Waals surface area contributed by atoms with Crippen molar-refractivity contribution < 1.29 is 0 Å². The molecule has 0 aliphatic heterocycles. The molecule has 0 atom stereocenters. The summed E-state index contributed by atoms with van der Waals surface area (Å²) in [6.07, 6.45) is 0. The molecule has 0 unspecified atom stereocenters. The zero-order valence-electron chi connectivity index (χ0n) is 2.26. The van der Waals surface area contributed by atoms with E-state index in [2.05, 4.69) is 17.7 Å². The molecule has 0 aromatic rings. The van der Waals surface area contributed by atoms with Gasteiger partial charge >= 0.3 is 36.9 Å². The minimum absolute atomic E-state index is 0. The molecule has 0 amide bonds. The summed E-state index contributed by atoms with van der Waals surface area (Å²) in [7, 11) is 8.78. The van der Waals surface area contributed by atoms with Crippen LogP contribution in [0.5, 0.6) is 0 Å². The van der Waals surface area contributed by atoms with Crippen LogP contribution in [0, 0.1) is 0 Å². The van der Waals surface area contributed by atoms with Crippen LogP contribution in [0.2, 0.25) is 0 Å². The third-order valence-corrected chi connectivity index (χ3v) is 0. The molecule has 2 radical (unpaired) electrons. The zero-order valence-corrected chi connectivity index (χ0v) is 9.37. The summed E-state index contributed by atoms with van der Waals surface area (Å²) in [5, 5.41) is 0. The number of hydrogen-bond donors (Lipinski definition) is 0. The zero-order chi connectivity index (χ0) is 2.71. The maximum absolute atomic E-state index is 4.39. The molecule has 4 heteroatoms. The van der Waals surface area contributed by atoms with Crippen LogP contribution in [0.3, 0.4) is 0 Å². The first kappa shape index (κ1) is 9.59. The Morgan fingerprint density at radius 3 is 1.25 bits per heavy atom. The summed E-state index contributed by atoms with van der Waals surface area (Å²) in [4.78, 5) is 0. The Labute approximate surface area is 65.1 Å². The van der Waals surface area contributed by atoms with Crippen LogP contribution in [-0.2, 0) is 0 Å². The van der Waals surface area contributed by atoms with E-state index in [1.807, 2.05) is 0 Å². The fraction of sp³-hybridized carbons (Fsp3) is 0. The molecule has 0 aliphatic rings. The molecule has 0 aliphatic carbocycles. The second-order valence-corrected chi connectivity index (χ2v) is 5.89. The maximum atomic E-state index is 4.39. The third-order valence-electron chi connectivity index (χ3n) is 0. The molecular weight excluding hydrogens is 296 g/mol. The van der Waals surface area contributed by atoms with E-state index in [1.165, 1.54) is 0 Å². The van der Waals surface area contributed by atoms with Gasteiger partial charge in [-0.15, -0.1) is 0 Å². The van der Waals surface area contributed by atoms with Gasteiger partial charge in [0.15, 0.2) is 0 Å². The van der Waals surface area contributed by atoms with Gasteiger partial charge in [0.1, 0.15) is 0 Å². The molecular formula is BiNaS2. The van der Waals surface area contributed by atoms with Crippen molar-refractivity contribution in [3.8, 4) is 0 Å². The Balaban J connectivity index is 0. The van der Waals surface area contributed by atoms with Gasteiger partial charge in [-0.3, -0.25) is 0 Å². The van der Waals surface area contributed by atoms with Crippen LogP contribution in [-0.4, -0.2) is 48.7 Å². The molecule has 0 saturated heterocycles. The summed E-state index contributed by atoms with van der Waals surface area (Å²) < 4.78 is 0. The fourth-order valence-electron chi connectivity index (χ4n) is 0. The Morgan fingerprint density at radius 1 is 1.25 bits per heavy atom. The average Bonchev–Trinajstić information content (AvgIpc) is 0.918. The van der Waals surface area contributed by atoms with E-state index >= 15 is 0 Å². The predicted molar refractivity (Wildman–Crippen MR) is 26.7 cm³/mol. The molecule has 0 fully saturated rings. The summed E-state index contributed by atoms with van der Waals surface area (Å²) in [5.74, 6) is 0. The van der Waals surface area contributed by atoms with Crippen LogP contribution >= 0.6 is 17.7 Å². The van der Waals surface area contributed by atoms with E-state index in [0.29, 0.717) is 0 Å². The monoisotopic (exact) mass is 296 g/mol. The molecule has 0 rings (SSSR count). The molecule has 0 N–H and O–H groups in total. The van der Waals surface area contributed by atoms with Gasteiger partial charge in [0.25, 0.3) is 0 Å². The van der Waals surface area contributed by atoms with E-state index in [9.17, 15) is 0 Å². The summed E-state index contributed by atoms with van der Waals surface area (Å²) in [5.41, 5.74) is 0. The third kappa shape index (κ3) is 8.85. The minimum atomic E-state index is -0.667. The topological polar surface area (TPSA) is 0 Å². The second kappa shape index (κ2) is 9.01. The molecule has 0 aromatic heterocycles. The summed E-state index contributed by atoms with van der Waals surface area (Å²) in [6, 6.07) is 0.